The van der Waals surface area contributed by atoms with Gasteiger partial charge in [-0.25, -0.2) is 4.79 Å². The summed E-state index contributed by atoms with van der Waals surface area (Å²) in [6.45, 7) is 0.397. The van der Waals surface area contributed by atoms with E-state index in [1.165, 1.54) is 6.07 Å². The first-order valence-corrected chi connectivity index (χ1v) is 6.81. The number of imide groups is 1. The molecule has 0 heterocycles. The molecule has 0 fully saturated rings. The molecule has 123 valence electrons. The first kappa shape index (κ1) is 18.5. The predicted molar refractivity (Wildman–Crippen MR) is 80.4 cm³/mol. The van der Waals surface area contributed by atoms with Gasteiger partial charge < -0.3 is 16.6 Å². The molecule has 0 aliphatic carbocycles. The van der Waals surface area contributed by atoms with Gasteiger partial charge >= 0.3 is 5.97 Å². The Hall–Kier alpha value is -2.58. The van der Waals surface area contributed by atoms with Crippen molar-refractivity contribution in [3.05, 3.63) is 35.4 Å². The van der Waals surface area contributed by atoms with E-state index in [9.17, 15) is 24.3 Å². The van der Waals surface area contributed by atoms with E-state index < -0.39 is 30.4 Å². The minimum atomic E-state index is -1.43. The second-order valence-corrected chi connectivity index (χ2v) is 4.76. The fourth-order valence-corrected chi connectivity index (χ4v) is 2.07. The fourth-order valence-electron chi connectivity index (χ4n) is 2.07. The minimum absolute atomic E-state index is 0.188. The average molecular weight is 320 g/mol. The number of ketones is 1. The van der Waals surface area contributed by atoms with Crippen molar-refractivity contribution in [1.29, 1.82) is 0 Å². The number of nitrogens with two attached hydrogens (primary N) is 2. The van der Waals surface area contributed by atoms with E-state index in [4.69, 9.17) is 11.5 Å². The van der Waals surface area contributed by atoms with Crippen molar-refractivity contribution in [2.75, 3.05) is 13.1 Å². The van der Waals surface area contributed by atoms with E-state index in [1.54, 1.807) is 12.1 Å². The Labute approximate surface area is 133 Å². The summed E-state index contributed by atoms with van der Waals surface area (Å²) < 4.78 is 0. The van der Waals surface area contributed by atoms with Crippen molar-refractivity contribution in [1.82, 2.24) is 4.90 Å². The van der Waals surface area contributed by atoms with E-state index in [0.29, 0.717) is 10.5 Å². The smallest absolute Gasteiger partial charge is 0.327 e. The molecule has 1 atom stereocenters. The van der Waals surface area contributed by atoms with Crippen molar-refractivity contribution in [2.24, 2.45) is 11.5 Å². The Kier molecular flexibility index (Phi) is 6.55. The van der Waals surface area contributed by atoms with E-state index in [-0.39, 0.29) is 24.3 Å². The predicted octanol–water partition coefficient (Wildman–Crippen LogP) is -1.04. The third kappa shape index (κ3) is 4.70. The summed E-state index contributed by atoms with van der Waals surface area (Å²) in [6, 6.07) is 5.93. The van der Waals surface area contributed by atoms with Crippen molar-refractivity contribution >= 4 is 23.6 Å². The highest BCUT2D eigenvalue weighted by Crippen LogP contribution is 2.12. The summed E-state index contributed by atoms with van der Waals surface area (Å²) >= 11 is 0. The molecule has 1 aromatic rings. The number of rotatable bonds is 7. The molecule has 8 heteroatoms. The number of hydrogen-bond donors (Lipinski definition) is 3. The minimum Gasteiger partial charge on any atom is -0.480 e. The first-order valence-electron chi connectivity index (χ1n) is 6.81. The molecule has 5 N–H and O–H groups in total. The Morgan fingerprint density at radius 1 is 1.22 bits per heavy atom. The van der Waals surface area contributed by atoms with Gasteiger partial charge in [-0.2, -0.15) is 0 Å². The zero-order chi connectivity index (χ0) is 17.6. The standard InChI is InChI=1S/C15H18N3O5/c1-9(19)18(14(21)8-17)12(15(22)23)6-10-3-2-4-11(5-10)13(20)7-16/h2-4,12H,6-8,16-17H2,1H3,(H,22,23). The summed E-state index contributed by atoms with van der Waals surface area (Å²) in [6.07, 6.45) is -0.188. The van der Waals surface area contributed by atoms with Crippen LogP contribution in [0.5, 0.6) is 0 Å². The third-order valence-electron chi connectivity index (χ3n) is 3.13. The highest BCUT2D eigenvalue weighted by atomic mass is 16.4. The Balaban J connectivity index is 3.13. The van der Waals surface area contributed by atoms with Gasteiger partial charge in [0.15, 0.2) is 5.78 Å². The van der Waals surface area contributed by atoms with Crippen LogP contribution in [0.3, 0.4) is 0 Å². The van der Waals surface area contributed by atoms with Crippen LogP contribution in [-0.4, -0.2) is 52.7 Å². The molecule has 0 aliphatic rings. The van der Waals surface area contributed by atoms with Gasteiger partial charge in [-0.3, -0.25) is 19.3 Å². The van der Waals surface area contributed by atoms with Crippen LogP contribution >= 0.6 is 0 Å². The number of carboxylic acid groups (broad SMARTS) is 1. The van der Waals surface area contributed by atoms with Crippen LogP contribution < -0.4 is 11.5 Å². The van der Waals surface area contributed by atoms with Gasteiger partial charge in [-0.15, -0.1) is 0 Å². The van der Waals surface area contributed by atoms with Crippen LogP contribution in [0, 0.1) is 6.07 Å². The molecular weight excluding hydrogens is 302 g/mol. The number of hydrogen-bond acceptors (Lipinski definition) is 6. The van der Waals surface area contributed by atoms with E-state index in [2.05, 4.69) is 6.07 Å². The summed E-state index contributed by atoms with van der Waals surface area (Å²) in [5, 5.41) is 9.34. The molecule has 0 spiro atoms. The number of nitrogens with zero attached hydrogens (tertiary/aromatic N) is 1. The highest BCUT2D eigenvalue weighted by molar-refractivity contribution is 5.99. The normalized spacial score (nSPS) is 11.6. The second-order valence-electron chi connectivity index (χ2n) is 4.76. The Morgan fingerprint density at radius 2 is 1.87 bits per heavy atom. The van der Waals surface area contributed by atoms with Gasteiger partial charge in [-0.1, -0.05) is 18.2 Å². The molecule has 8 nitrogen and oxygen atoms in total. The molecule has 0 saturated carbocycles. The molecule has 0 aromatic heterocycles. The maximum atomic E-state index is 11.7. The first-order chi connectivity index (χ1) is 10.8. The second kappa shape index (κ2) is 8.16. The highest BCUT2D eigenvalue weighted by Gasteiger charge is 2.32. The molecule has 0 bridgehead atoms. The number of carbonyl (C=O) groups excluding carboxylic acids is 3. The lowest BCUT2D eigenvalue weighted by molar-refractivity contribution is -0.156. The molecule has 1 rings (SSSR count). The largest absolute Gasteiger partial charge is 0.480 e. The molecule has 1 radical (unpaired) electrons. The summed E-state index contributed by atoms with van der Waals surface area (Å²) in [7, 11) is 0. The maximum absolute atomic E-state index is 11.7. The molecule has 1 unspecified atom stereocenters. The SMILES string of the molecule is CC(=O)N(C(=O)CN)C(Cc1[c]c(C(=O)CN)ccc1)C(=O)O. The van der Waals surface area contributed by atoms with Crippen LogP contribution in [-0.2, 0) is 20.8 Å². The van der Waals surface area contributed by atoms with Crippen LogP contribution in [0.15, 0.2) is 18.2 Å². The van der Waals surface area contributed by atoms with Gasteiger partial charge in [0, 0.05) is 18.9 Å². The molecular formula is C15H18N3O5. The third-order valence-corrected chi connectivity index (χ3v) is 3.13. The Bertz CT molecular complexity index is 629. The zero-order valence-corrected chi connectivity index (χ0v) is 12.6. The average Bonchev–Trinajstić information content (AvgIpc) is 2.52. The number of carbonyl (C=O) groups is 4. The molecule has 0 saturated heterocycles. The topological polar surface area (TPSA) is 144 Å². The van der Waals surface area contributed by atoms with E-state index in [1.807, 2.05) is 0 Å². The molecule has 2 amide bonds. The number of benzene rings is 1. The number of Topliss-reactive ketones (excluding diaryl/α,β-unsaturated/α-hetero) is 1. The summed E-state index contributed by atoms with van der Waals surface area (Å²) in [5.41, 5.74) is 11.1. The van der Waals surface area contributed by atoms with Crippen molar-refractivity contribution < 1.29 is 24.3 Å². The van der Waals surface area contributed by atoms with Gasteiger partial charge in [0.2, 0.25) is 11.8 Å². The number of carboxylic acids is 1. The van der Waals surface area contributed by atoms with Gasteiger partial charge in [0.1, 0.15) is 6.04 Å². The van der Waals surface area contributed by atoms with Crippen LogP contribution in [0.4, 0.5) is 0 Å². The van der Waals surface area contributed by atoms with Crippen molar-refractivity contribution in [3.8, 4) is 0 Å². The Morgan fingerprint density at radius 3 is 2.35 bits per heavy atom. The van der Waals surface area contributed by atoms with Crippen LogP contribution in [0.2, 0.25) is 0 Å². The van der Waals surface area contributed by atoms with Gasteiger partial charge in [-0.05, 0) is 11.6 Å². The van der Waals surface area contributed by atoms with Crippen LogP contribution in [0.25, 0.3) is 0 Å². The van der Waals surface area contributed by atoms with Crippen molar-refractivity contribution in [2.45, 2.75) is 19.4 Å². The number of amides is 2. The fraction of sp³-hybridized carbons (Fsp3) is 0.333. The summed E-state index contributed by atoms with van der Waals surface area (Å²) in [5.74, 6) is -3.22. The lowest BCUT2D eigenvalue weighted by Gasteiger charge is -2.25. The van der Waals surface area contributed by atoms with Crippen LogP contribution in [0.1, 0.15) is 22.8 Å². The maximum Gasteiger partial charge on any atom is 0.327 e. The lowest BCUT2D eigenvalue weighted by atomic mass is 10.0. The van der Waals surface area contributed by atoms with E-state index >= 15 is 0 Å². The zero-order valence-electron chi connectivity index (χ0n) is 12.6. The monoisotopic (exact) mass is 320 g/mol. The lowest BCUT2D eigenvalue weighted by Crippen LogP contribution is -2.51. The number of aliphatic carboxylic acids is 1. The molecule has 1 aromatic carbocycles. The molecule has 0 aliphatic heterocycles. The summed E-state index contributed by atoms with van der Waals surface area (Å²) in [4.78, 5) is 47.0. The van der Waals surface area contributed by atoms with Crippen molar-refractivity contribution in [3.63, 3.8) is 0 Å². The van der Waals surface area contributed by atoms with Gasteiger partial charge in [0.05, 0.1) is 13.1 Å². The van der Waals surface area contributed by atoms with Gasteiger partial charge in [0.25, 0.3) is 0 Å². The quantitative estimate of drug-likeness (QED) is 0.544. The molecule has 23 heavy (non-hydrogen) atoms. The van der Waals surface area contributed by atoms with E-state index in [0.717, 1.165) is 6.92 Å².